The van der Waals surface area contributed by atoms with Crippen LogP contribution in [0.15, 0.2) is 76.8 Å². The molecule has 180 valence electrons. The molecule has 7 heteroatoms. The molecule has 0 saturated heterocycles. The largest absolute Gasteiger partial charge is 0.491 e. The van der Waals surface area contributed by atoms with Gasteiger partial charge in [0.05, 0.1) is 13.2 Å². The molecule has 0 radical (unpaired) electrons. The lowest BCUT2D eigenvalue weighted by Gasteiger charge is -2.12. The average Bonchev–Trinajstić information content (AvgIpc) is 2.85. The van der Waals surface area contributed by atoms with Crippen LogP contribution in [-0.2, 0) is 9.53 Å². The minimum absolute atomic E-state index is 0.0310. The normalized spacial score (nSPS) is 11.0. The summed E-state index contributed by atoms with van der Waals surface area (Å²) in [4.78, 5) is 12.6. The number of rotatable bonds is 11. The number of halogens is 1. The molecule has 0 saturated carbocycles. The van der Waals surface area contributed by atoms with E-state index in [9.17, 15) is 10.1 Å². The topological polar surface area (TPSA) is 80.6 Å². The van der Waals surface area contributed by atoms with Gasteiger partial charge < -0.3 is 19.5 Å². The molecule has 1 N–H and O–H groups in total. The molecule has 0 aliphatic heterocycles. The van der Waals surface area contributed by atoms with E-state index in [4.69, 9.17) is 14.2 Å². The van der Waals surface area contributed by atoms with Crippen molar-refractivity contribution in [2.75, 3.05) is 31.7 Å². The van der Waals surface area contributed by atoms with Crippen LogP contribution in [0.25, 0.3) is 6.08 Å². The van der Waals surface area contributed by atoms with Gasteiger partial charge >= 0.3 is 0 Å². The van der Waals surface area contributed by atoms with E-state index in [0.29, 0.717) is 43.4 Å². The summed E-state index contributed by atoms with van der Waals surface area (Å²) < 4.78 is 18.0. The summed E-state index contributed by atoms with van der Waals surface area (Å²) in [5.74, 6) is 0.879. The number of nitriles is 1. The number of aryl methyl sites for hydroxylation is 2. The first-order valence-electron chi connectivity index (χ1n) is 11.1. The fraction of sp³-hybridized carbons (Fsp3) is 0.214. The molecule has 3 rings (SSSR count). The number of carbonyl (C=O) groups excluding carboxylic acids is 1. The van der Waals surface area contributed by atoms with Crippen molar-refractivity contribution in [3.8, 4) is 17.6 Å². The van der Waals surface area contributed by atoms with Crippen LogP contribution in [0.4, 0.5) is 5.69 Å². The Morgan fingerprint density at radius 1 is 0.943 bits per heavy atom. The third-order valence-electron chi connectivity index (χ3n) is 5.13. The van der Waals surface area contributed by atoms with Crippen molar-refractivity contribution in [2.45, 2.75) is 13.8 Å². The average molecular weight is 535 g/mol. The second kappa shape index (κ2) is 13.3. The fourth-order valence-corrected chi connectivity index (χ4v) is 3.50. The van der Waals surface area contributed by atoms with Gasteiger partial charge in [0.25, 0.3) is 5.91 Å². The molecule has 0 heterocycles. The first kappa shape index (κ1) is 26.0. The van der Waals surface area contributed by atoms with Crippen LogP contribution in [0.3, 0.4) is 0 Å². The quantitative estimate of drug-likeness (QED) is 0.183. The maximum Gasteiger partial charge on any atom is 0.266 e. The molecule has 0 aromatic heterocycles. The van der Waals surface area contributed by atoms with Crippen LogP contribution >= 0.6 is 15.9 Å². The molecule has 1 amide bonds. The van der Waals surface area contributed by atoms with E-state index < -0.39 is 5.91 Å². The van der Waals surface area contributed by atoms with Crippen molar-refractivity contribution in [2.24, 2.45) is 0 Å². The molecule has 0 aliphatic rings. The van der Waals surface area contributed by atoms with E-state index in [-0.39, 0.29) is 5.57 Å². The zero-order valence-electron chi connectivity index (χ0n) is 19.7. The van der Waals surface area contributed by atoms with Crippen molar-refractivity contribution >= 4 is 33.6 Å². The fourth-order valence-electron chi connectivity index (χ4n) is 3.12. The highest BCUT2D eigenvalue weighted by molar-refractivity contribution is 9.10. The van der Waals surface area contributed by atoms with Gasteiger partial charge in [0.1, 0.15) is 36.4 Å². The smallest absolute Gasteiger partial charge is 0.266 e. The number of ether oxygens (including phenoxy) is 3. The van der Waals surface area contributed by atoms with Gasteiger partial charge in [0, 0.05) is 15.7 Å². The first-order chi connectivity index (χ1) is 17.0. The Labute approximate surface area is 214 Å². The zero-order chi connectivity index (χ0) is 25.0. The van der Waals surface area contributed by atoms with Gasteiger partial charge in [-0.2, -0.15) is 5.26 Å². The number of hydrogen-bond acceptors (Lipinski definition) is 5. The number of nitrogens with one attached hydrogen (secondary N) is 1. The molecule has 3 aromatic carbocycles. The number of para-hydroxylation sites is 1. The lowest BCUT2D eigenvalue weighted by atomic mass is 10.1. The van der Waals surface area contributed by atoms with Gasteiger partial charge in [0.15, 0.2) is 0 Å². The van der Waals surface area contributed by atoms with Crippen LogP contribution in [0.1, 0.15) is 16.7 Å². The predicted molar refractivity (Wildman–Crippen MR) is 141 cm³/mol. The Morgan fingerprint density at radius 2 is 1.69 bits per heavy atom. The van der Waals surface area contributed by atoms with E-state index >= 15 is 0 Å². The number of amides is 1. The molecule has 0 aliphatic carbocycles. The predicted octanol–water partition coefficient (Wildman–Crippen LogP) is 6.09. The number of anilines is 1. The van der Waals surface area contributed by atoms with Crippen molar-refractivity contribution in [1.82, 2.24) is 0 Å². The lowest BCUT2D eigenvalue weighted by Crippen LogP contribution is -2.14. The van der Waals surface area contributed by atoms with E-state index in [1.165, 1.54) is 17.2 Å². The van der Waals surface area contributed by atoms with Crippen molar-refractivity contribution < 1.29 is 19.0 Å². The summed E-state index contributed by atoms with van der Waals surface area (Å²) in [6.45, 7) is 5.67. The molecule has 0 fully saturated rings. The SMILES string of the molecule is Cc1ccc(OCCOCCOc2ccc(Br)cc2/C=C(\C#N)C(=O)Nc2ccccc2)cc1C. The zero-order valence-corrected chi connectivity index (χ0v) is 21.3. The molecule has 0 bridgehead atoms. The maximum atomic E-state index is 12.6. The third-order valence-corrected chi connectivity index (χ3v) is 5.62. The van der Waals surface area contributed by atoms with E-state index in [0.717, 1.165) is 10.2 Å². The first-order valence-corrected chi connectivity index (χ1v) is 11.9. The molecular formula is C28H27BrN2O4. The number of benzene rings is 3. The van der Waals surface area contributed by atoms with Gasteiger partial charge in [-0.05, 0) is 73.5 Å². The summed E-state index contributed by atoms with van der Waals surface area (Å²) in [5.41, 5.74) is 3.61. The Kier molecular flexibility index (Phi) is 9.91. The van der Waals surface area contributed by atoms with Gasteiger partial charge in [0.2, 0.25) is 0 Å². The monoisotopic (exact) mass is 534 g/mol. The van der Waals surface area contributed by atoms with Gasteiger partial charge in [-0.1, -0.05) is 40.2 Å². The van der Waals surface area contributed by atoms with Crippen molar-refractivity contribution in [3.63, 3.8) is 0 Å². The van der Waals surface area contributed by atoms with Crippen LogP contribution in [-0.4, -0.2) is 32.3 Å². The van der Waals surface area contributed by atoms with E-state index in [2.05, 4.69) is 35.1 Å². The second-order valence-electron chi connectivity index (χ2n) is 7.73. The second-order valence-corrected chi connectivity index (χ2v) is 8.64. The minimum atomic E-state index is -0.489. The highest BCUT2D eigenvalue weighted by atomic mass is 79.9. The minimum Gasteiger partial charge on any atom is -0.491 e. The Bertz CT molecular complexity index is 1220. The number of carbonyl (C=O) groups is 1. The molecule has 0 unspecified atom stereocenters. The summed E-state index contributed by atoms with van der Waals surface area (Å²) in [5, 5.41) is 12.3. The Balaban J connectivity index is 1.51. The summed E-state index contributed by atoms with van der Waals surface area (Å²) in [7, 11) is 0. The van der Waals surface area contributed by atoms with Gasteiger partial charge in [-0.15, -0.1) is 0 Å². The van der Waals surface area contributed by atoms with Crippen LogP contribution < -0.4 is 14.8 Å². The van der Waals surface area contributed by atoms with Crippen LogP contribution in [0.2, 0.25) is 0 Å². The summed E-state index contributed by atoms with van der Waals surface area (Å²) in [6, 6.07) is 22.4. The molecule has 6 nitrogen and oxygen atoms in total. The van der Waals surface area contributed by atoms with Crippen LogP contribution in [0, 0.1) is 25.2 Å². The van der Waals surface area contributed by atoms with Gasteiger partial charge in [-0.25, -0.2) is 0 Å². The highest BCUT2D eigenvalue weighted by Crippen LogP contribution is 2.26. The summed E-state index contributed by atoms with van der Waals surface area (Å²) >= 11 is 3.43. The lowest BCUT2D eigenvalue weighted by molar-refractivity contribution is -0.112. The number of hydrogen-bond donors (Lipinski definition) is 1. The van der Waals surface area contributed by atoms with Crippen molar-refractivity contribution in [1.29, 1.82) is 5.26 Å². The molecule has 0 spiro atoms. The molecular weight excluding hydrogens is 508 g/mol. The Hall–Kier alpha value is -3.60. The van der Waals surface area contributed by atoms with E-state index in [1.807, 2.05) is 48.5 Å². The Morgan fingerprint density at radius 3 is 2.40 bits per heavy atom. The van der Waals surface area contributed by atoms with Crippen molar-refractivity contribution in [3.05, 3.63) is 93.5 Å². The number of nitrogens with zero attached hydrogens (tertiary/aromatic N) is 1. The standard InChI is InChI=1S/C28H27BrN2O4/c1-20-8-10-26(16-21(20)2)34-14-12-33-13-15-35-27-11-9-24(29)18-22(27)17-23(19-30)28(32)31-25-6-4-3-5-7-25/h3-11,16-18H,12-15H2,1-2H3,(H,31,32)/b23-17+. The van der Waals surface area contributed by atoms with Gasteiger partial charge in [-0.3, -0.25) is 4.79 Å². The highest BCUT2D eigenvalue weighted by Gasteiger charge is 2.12. The molecule has 3 aromatic rings. The van der Waals surface area contributed by atoms with Crippen LogP contribution in [0.5, 0.6) is 11.5 Å². The maximum absolute atomic E-state index is 12.6. The molecule has 35 heavy (non-hydrogen) atoms. The third kappa shape index (κ3) is 8.29. The van der Waals surface area contributed by atoms with E-state index in [1.54, 1.807) is 24.3 Å². The summed E-state index contributed by atoms with van der Waals surface area (Å²) in [6.07, 6.45) is 1.51. The molecule has 0 atom stereocenters.